The highest BCUT2D eigenvalue weighted by molar-refractivity contribution is 5.84. The number of phenols is 1. The molecule has 0 aliphatic carbocycles. The van der Waals surface area contributed by atoms with E-state index in [9.17, 15) is 9.90 Å². The maximum absolute atomic E-state index is 11.9. The molecule has 0 radical (unpaired) electrons. The number of aryl methyl sites for hydroxylation is 1. The molecule has 0 spiro atoms. The van der Waals surface area contributed by atoms with Gasteiger partial charge in [-0.25, -0.2) is 4.79 Å². The molecular formula is C21H23NO3. The lowest BCUT2D eigenvalue weighted by Crippen LogP contribution is -2.25. The number of hydrogen-bond donors (Lipinski definition) is 2. The van der Waals surface area contributed by atoms with Crippen LogP contribution in [0.2, 0.25) is 0 Å². The Morgan fingerprint density at radius 2 is 1.84 bits per heavy atom. The zero-order valence-electron chi connectivity index (χ0n) is 14.7. The molecule has 0 saturated carbocycles. The Hall–Kier alpha value is -2.59. The minimum absolute atomic E-state index is 0.130. The first kappa shape index (κ1) is 17.2. The van der Waals surface area contributed by atoms with Crippen LogP contribution in [0, 0.1) is 12.8 Å². The SMILES string of the molecule is Cc1c(O)ccc2c(CN[C@@H](c3ccccc3)C(C)C)cc(=O)oc12. The third-order valence-electron chi connectivity index (χ3n) is 4.56. The van der Waals surface area contributed by atoms with Gasteiger partial charge in [0.15, 0.2) is 0 Å². The van der Waals surface area contributed by atoms with Gasteiger partial charge in [0.2, 0.25) is 0 Å². The summed E-state index contributed by atoms with van der Waals surface area (Å²) in [6, 6.07) is 15.4. The number of benzene rings is 2. The summed E-state index contributed by atoms with van der Waals surface area (Å²) in [4.78, 5) is 11.9. The van der Waals surface area contributed by atoms with E-state index >= 15 is 0 Å². The van der Waals surface area contributed by atoms with E-state index in [1.807, 2.05) is 18.2 Å². The van der Waals surface area contributed by atoms with Crippen LogP contribution in [0.5, 0.6) is 5.75 Å². The molecule has 4 heteroatoms. The van der Waals surface area contributed by atoms with Crippen LogP contribution in [0.1, 0.15) is 36.6 Å². The number of aromatic hydroxyl groups is 1. The maximum atomic E-state index is 11.9. The highest BCUT2D eigenvalue weighted by Crippen LogP contribution is 2.28. The predicted octanol–water partition coefficient (Wildman–Crippen LogP) is 4.29. The number of phenolic OH excluding ortho intramolecular Hbond substituents is 1. The second-order valence-corrected chi connectivity index (χ2v) is 6.69. The summed E-state index contributed by atoms with van der Waals surface area (Å²) in [6.45, 7) is 6.64. The first-order chi connectivity index (χ1) is 12.0. The molecule has 2 N–H and O–H groups in total. The van der Waals surface area contributed by atoms with E-state index in [1.54, 1.807) is 19.1 Å². The minimum atomic E-state index is -0.404. The molecular weight excluding hydrogens is 314 g/mol. The first-order valence-electron chi connectivity index (χ1n) is 8.51. The van der Waals surface area contributed by atoms with Gasteiger partial charge in [0.1, 0.15) is 11.3 Å². The molecule has 25 heavy (non-hydrogen) atoms. The van der Waals surface area contributed by atoms with Gasteiger partial charge in [-0.15, -0.1) is 0 Å². The average Bonchev–Trinajstić information content (AvgIpc) is 2.59. The summed E-state index contributed by atoms with van der Waals surface area (Å²) in [7, 11) is 0. The van der Waals surface area contributed by atoms with Crippen molar-refractivity contribution in [1.82, 2.24) is 5.32 Å². The van der Waals surface area contributed by atoms with Crippen molar-refractivity contribution in [3.8, 4) is 5.75 Å². The van der Waals surface area contributed by atoms with E-state index in [4.69, 9.17) is 4.42 Å². The smallest absolute Gasteiger partial charge is 0.336 e. The molecule has 0 bridgehead atoms. The summed E-state index contributed by atoms with van der Waals surface area (Å²) >= 11 is 0. The Morgan fingerprint density at radius 1 is 1.12 bits per heavy atom. The molecule has 2 aromatic carbocycles. The lowest BCUT2D eigenvalue weighted by Gasteiger charge is -2.23. The normalized spacial score (nSPS) is 12.6. The molecule has 130 valence electrons. The van der Waals surface area contributed by atoms with Crippen molar-refractivity contribution < 1.29 is 9.52 Å². The zero-order chi connectivity index (χ0) is 18.0. The molecule has 0 saturated heterocycles. The summed E-state index contributed by atoms with van der Waals surface area (Å²) in [5.74, 6) is 0.532. The molecule has 1 aromatic heterocycles. The van der Waals surface area contributed by atoms with Crippen molar-refractivity contribution >= 4 is 11.0 Å². The van der Waals surface area contributed by atoms with Gasteiger partial charge in [0.05, 0.1) is 0 Å². The number of hydrogen-bond acceptors (Lipinski definition) is 4. The van der Waals surface area contributed by atoms with Crippen molar-refractivity contribution in [1.29, 1.82) is 0 Å². The van der Waals surface area contributed by atoms with Crippen LogP contribution in [-0.2, 0) is 6.54 Å². The Balaban J connectivity index is 1.95. The fourth-order valence-electron chi connectivity index (χ4n) is 3.18. The lowest BCUT2D eigenvalue weighted by atomic mass is 9.95. The molecule has 0 aliphatic heterocycles. The largest absolute Gasteiger partial charge is 0.508 e. The standard InChI is InChI=1S/C21H23NO3/c1-13(2)20(15-7-5-4-6-8-15)22-12-16-11-19(24)25-21-14(3)18(23)10-9-17(16)21/h4-11,13,20,22-23H,12H2,1-3H3/t20-/m1/s1. The van der Waals surface area contributed by atoms with E-state index < -0.39 is 5.63 Å². The molecule has 4 nitrogen and oxygen atoms in total. The molecule has 3 rings (SSSR count). The van der Waals surface area contributed by atoms with E-state index in [2.05, 4.69) is 31.3 Å². The second kappa shape index (κ2) is 7.11. The quantitative estimate of drug-likeness (QED) is 0.682. The number of nitrogens with one attached hydrogen (secondary N) is 1. The van der Waals surface area contributed by atoms with Gasteiger partial charge < -0.3 is 14.8 Å². The van der Waals surface area contributed by atoms with Crippen LogP contribution in [0.25, 0.3) is 11.0 Å². The second-order valence-electron chi connectivity index (χ2n) is 6.69. The third-order valence-corrected chi connectivity index (χ3v) is 4.56. The zero-order valence-corrected chi connectivity index (χ0v) is 14.7. The van der Waals surface area contributed by atoms with Crippen molar-refractivity contribution in [2.45, 2.75) is 33.4 Å². The van der Waals surface area contributed by atoms with Crippen molar-refractivity contribution in [3.05, 3.63) is 75.6 Å². The van der Waals surface area contributed by atoms with E-state index in [1.165, 1.54) is 11.6 Å². The van der Waals surface area contributed by atoms with Gasteiger partial charge in [-0.3, -0.25) is 0 Å². The minimum Gasteiger partial charge on any atom is -0.508 e. The Bertz CT molecular complexity index is 929. The fraction of sp³-hybridized carbons (Fsp3) is 0.286. The summed E-state index contributed by atoms with van der Waals surface area (Å²) < 4.78 is 5.31. The molecule has 0 unspecified atom stereocenters. The molecule has 0 amide bonds. The Morgan fingerprint density at radius 3 is 2.52 bits per heavy atom. The van der Waals surface area contributed by atoms with Crippen molar-refractivity contribution in [3.63, 3.8) is 0 Å². The predicted molar refractivity (Wildman–Crippen MR) is 99.7 cm³/mol. The monoisotopic (exact) mass is 337 g/mol. The van der Waals surface area contributed by atoms with E-state index in [0.29, 0.717) is 23.6 Å². The van der Waals surface area contributed by atoms with Gasteiger partial charge in [-0.2, -0.15) is 0 Å². The molecule has 0 fully saturated rings. The van der Waals surface area contributed by atoms with Gasteiger partial charge in [-0.1, -0.05) is 44.2 Å². The molecule has 1 heterocycles. The Labute approximate surface area is 147 Å². The van der Waals surface area contributed by atoms with Crippen LogP contribution in [0.15, 0.2) is 57.7 Å². The summed E-state index contributed by atoms with van der Waals surface area (Å²) in [5.41, 5.74) is 2.72. The first-order valence-corrected chi connectivity index (χ1v) is 8.51. The average molecular weight is 337 g/mol. The lowest BCUT2D eigenvalue weighted by molar-refractivity contribution is 0.410. The summed E-state index contributed by atoms with van der Waals surface area (Å²) in [5, 5.41) is 14.3. The van der Waals surface area contributed by atoms with Crippen LogP contribution < -0.4 is 10.9 Å². The van der Waals surface area contributed by atoms with E-state index in [-0.39, 0.29) is 11.8 Å². The molecule has 0 aliphatic rings. The number of fused-ring (bicyclic) bond motifs is 1. The van der Waals surface area contributed by atoms with E-state index in [0.717, 1.165) is 10.9 Å². The van der Waals surface area contributed by atoms with Gasteiger partial charge in [0.25, 0.3) is 0 Å². The fourth-order valence-corrected chi connectivity index (χ4v) is 3.18. The topological polar surface area (TPSA) is 62.5 Å². The van der Waals surface area contributed by atoms with Crippen molar-refractivity contribution in [2.24, 2.45) is 5.92 Å². The van der Waals surface area contributed by atoms with Crippen LogP contribution in [0.4, 0.5) is 0 Å². The number of rotatable bonds is 5. The van der Waals surface area contributed by atoms with Crippen molar-refractivity contribution in [2.75, 3.05) is 0 Å². The third kappa shape index (κ3) is 3.59. The van der Waals surface area contributed by atoms with Crippen LogP contribution in [0.3, 0.4) is 0 Å². The van der Waals surface area contributed by atoms with Gasteiger partial charge >= 0.3 is 5.63 Å². The van der Waals surface area contributed by atoms with Crippen LogP contribution in [-0.4, -0.2) is 5.11 Å². The Kier molecular flexibility index (Phi) is 4.91. The maximum Gasteiger partial charge on any atom is 0.336 e. The molecule has 1 atom stereocenters. The summed E-state index contributed by atoms with van der Waals surface area (Å²) in [6.07, 6.45) is 0. The highest BCUT2D eigenvalue weighted by Gasteiger charge is 2.16. The molecule has 3 aromatic rings. The van der Waals surface area contributed by atoms with Gasteiger partial charge in [0, 0.05) is 29.6 Å². The van der Waals surface area contributed by atoms with Gasteiger partial charge in [-0.05, 0) is 36.1 Å². The highest BCUT2D eigenvalue weighted by atomic mass is 16.4. The van der Waals surface area contributed by atoms with Crippen LogP contribution >= 0.6 is 0 Å².